The van der Waals surface area contributed by atoms with Gasteiger partial charge >= 0.3 is 18.1 Å². The lowest BCUT2D eigenvalue weighted by Crippen LogP contribution is -2.29. The maximum atomic E-state index is 12.8. The number of nitrogens with one attached hydrogen (secondary N) is 3. The van der Waals surface area contributed by atoms with Crippen molar-refractivity contribution in [2.45, 2.75) is 32.0 Å². The molecule has 0 amide bonds. The minimum atomic E-state index is -5.08. The van der Waals surface area contributed by atoms with E-state index < -0.39 is 18.1 Å². The maximum absolute atomic E-state index is 12.8. The molecule has 5 rings (SSSR count). The van der Waals surface area contributed by atoms with Gasteiger partial charge < -0.3 is 30.4 Å². The number of nitrogens with zero attached hydrogens (tertiary/aromatic N) is 6. The van der Waals surface area contributed by atoms with Crippen molar-refractivity contribution in [1.82, 2.24) is 34.6 Å². The minimum Gasteiger partial charge on any atom is -0.475 e. The van der Waals surface area contributed by atoms with Crippen LogP contribution in [0.5, 0.6) is 0 Å². The number of carbonyl (C=O) groups excluding carboxylic acids is 1. The second-order valence-electron chi connectivity index (χ2n) is 9.41. The average Bonchev–Trinajstić information content (AvgIpc) is 3.54. The van der Waals surface area contributed by atoms with Gasteiger partial charge in [-0.3, -0.25) is 4.68 Å². The van der Waals surface area contributed by atoms with Crippen molar-refractivity contribution >= 4 is 40.3 Å². The van der Waals surface area contributed by atoms with E-state index in [1.807, 2.05) is 47.6 Å². The number of aryl methyl sites for hydroxylation is 2. The fraction of sp³-hybridized carbons (Fsp3) is 0.385. The van der Waals surface area contributed by atoms with Crippen molar-refractivity contribution in [1.29, 1.82) is 0 Å². The Morgan fingerprint density at radius 2 is 1.86 bits per heavy atom. The van der Waals surface area contributed by atoms with Gasteiger partial charge in [0.1, 0.15) is 5.69 Å². The number of rotatable bonds is 6. The van der Waals surface area contributed by atoms with E-state index in [1.165, 1.54) is 7.11 Å². The normalized spacial score (nSPS) is 13.8. The van der Waals surface area contributed by atoms with E-state index in [0.29, 0.717) is 23.4 Å². The number of carboxylic acids is 1. The Balaban J connectivity index is 0.000000517. The molecule has 0 spiro atoms. The second-order valence-corrected chi connectivity index (χ2v) is 9.41. The molecule has 4 heterocycles. The van der Waals surface area contributed by atoms with Crippen LogP contribution in [-0.2, 0) is 16.6 Å². The Morgan fingerprint density at radius 3 is 2.48 bits per heavy atom. The molecule has 4 N–H and O–H groups in total. The summed E-state index contributed by atoms with van der Waals surface area (Å²) >= 11 is 0. The van der Waals surface area contributed by atoms with Crippen molar-refractivity contribution in [3.8, 4) is 11.3 Å². The molecule has 0 radical (unpaired) electrons. The van der Waals surface area contributed by atoms with Crippen LogP contribution >= 0.6 is 0 Å². The molecule has 0 unspecified atom stereocenters. The Kier molecular flexibility index (Phi) is 8.94. The number of para-hydroxylation sites is 1. The van der Waals surface area contributed by atoms with Crippen molar-refractivity contribution in [3.63, 3.8) is 0 Å². The standard InChI is InChI=1S/C24H29N9O2.C2HF3O2/c1-14-17(12-33(31-14)15-8-10-26-11-9-15)28-23-21(24(34)35-4)29-20(22(25-2)30-23)16-6-5-7-18-19(16)27-13-32(18)3;3-2(4,5)1(6)7/h5-7,12-13,15,26H,8-11H2,1-4H3,(H2,25,28,30);(H,6,7). The van der Waals surface area contributed by atoms with Gasteiger partial charge in [0.25, 0.3) is 0 Å². The highest BCUT2D eigenvalue weighted by molar-refractivity contribution is 5.98. The molecule has 0 bridgehead atoms. The van der Waals surface area contributed by atoms with Crippen molar-refractivity contribution < 1.29 is 32.6 Å². The van der Waals surface area contributed by atoms with E-state index in [1.54, 1.807) is 13.4 Å². The lowest BCUT2D eigenvalue weighted by molar-refractivity contribution is -0.192. The third-order valence-electron chi connectivity index (χ3n) is 6.62. The van der Waals surface area contributed by atoms with Crippen LogP contribution in [0.25, 0.3) is 22.3 Å². The van der Waals surface area contributed by atoms with Gasteiger partial charge in [-0.25, -0.2) is 24.5 Å². The number of aromatic nitrogens is 6. The number of halogens is 3. The first-order chi connectivity index (χ1) is 19.9. The predicted molar refractivity (Wildman–Crippen MR) is 148 cm³/mol. The van der Waals surface area contributed by atoms with Crippen LogP contribution in [0.2, 0.25) is 0 Å². The van der Waals surface area contributed by atoms with Crippen molar-refractivity contribution in [3.05, 3.63) is 42.1 Å². The lowest BCUT2D eigenvalue weighted by atomic mass is 10.1. The summed E-state index contributed by atoms with van der Waals surface area (Å²) in [5.41, 5.74) is 4.68. The van der Waals surface area contributed by atoms with Gasteiger partial charge in [-0.2, -0.15) is 18.3 Å². The number of methoxy groups -OCH3 is 1. The van der Waals surface area contributed by atoms with Gasteiger partial charge in [-0.15, -0.1) is 0 Å². The van der Waals surface area contributed by atoms with E-state index in [4.69, 9.17) is 29.7 Å². The zero-order valence-corrected chi connectivity index (χ0v) is 23.3. The number of piperidine rings is 1. The monoisotopic (exact) mass is 589 g/mol. The van der Waals surface area contributed by atoms with Gasteiger partial charge in [0.05, 0.1) is 41.9 Å². The van der Waals surface area contributed by atoms with Crippen molar-refractivity contribution in [2.75, 3.05) is 37.9 Å². The average molecular weight is 590 g/mol. The van der Waals surface area contributed by atoms with Gasteiger partial charge in [0.2, 0.25) is 0 Å². The first kappa shape index (κ1) is 30.2. The molecule has 0 atom stereocenters. The van der Waals surface area contributed by atoms with Crippen molar-refractivity contribution in [2.24, 2.45) is 7.05 Å². The molecule has 1 aliphatic heterocycles. The van der Waals surface area contributed by atoms with Crippen LogP contribution in [0.3, 0.4) is 0 Å². The molecule has 1 aliphatic rings. The first-order valence-corrected chi connectivity index (χ1v) is 12.9. The number of hydrogen-bond acceptors (Lipinski definition) is 10. The predicted octanol–water partition coefficient (Wildman–Crippen LogP) is 3.66. The molecule has 0 aliphatic carbocycles. The maximum Gasteiger partial charge on any atom is 0.490 e. The molecule has 4 aromatic rings. The molecule has 1 aromatic carbocycles. The van der Waals surface area contributed by atoms with E-state index in [-0.39, 0.29) is 5.69 Å². The number of alkyl halides is 3. The number of fused-ring (bicyclic) bond motifs is 1. The Morgan fingerprint density at radius 1 is 1.17 bits per heavy atom. The zero-order chi connectivity index (χ0) is 30.6. The highest BCUT2D eigenvalue weighted by atomic mass is 19.4. The number of carboxylic acid groups (broad SMARTS) is 1. The number of carbonyl (C=O) groups is 2. The number of anilines is 3. The summed E-state index contributed by atoms with van der Waals surface area (Å²) in [4.78, 5) is 35.7. The van der Waals surface area contributed by atoms with E-state index in [0.717, 1.165) is 53.9 Å². The number of hydrogen-bond donors (Lipinski definition) is 4. The van der Waals surface area contributed by atoms with E-state index in [9.17, 15) is 18.0 Å². The summed E-state index contributed by atoms with van der Waals surface area (Å²) in [6, 6.07) is 6.17. The Hall–Kier alpha value is -4.73. The summed E-state index contributed by atoms with van der Waals surface area (Å²) in [6.07, 6.45) is 0.674. The first-order valence-electron chi connectivity index (χ1n) is 12.9. The van der Waals surface area contributed by atoms with Crippen LogP contribution in [0.4, 0.5) is 30.5 Å². The molecule has 224 valence electrons. The van der Waals surface area contributed by atoms with Crippen LogP contribution in [0.15, 0.2) is 30.7 Å². The molecular formula is C26H30F3N9O4. The smallest absolute Gasteiger partial charge is 0.475 e. The van der Waals surface area contributed by atoms with Crippen LogP contribution < -0.4 is 16.0 Å². The van der Waals surface area contributed by atoms with Gasteiger partial charge in [-0.1, -0.05) is 12.1 Å². The van der Waals surface area contributed by atoms with Gasteiger partial charge in [0, 0.05) is 25.9 Å². The van der Waals surface area contributed by atoms with Crippen LogP contribution in [-0.4, -0.2) is 79.8 Å². The molecule has 1 saturated heterocycles. The van der Waals surface area contributed by atoms with Crippen LogP contribution in [0.1, 0.15) is 35.1 Å². The van der Waals surface area contributed by atoms with Crippen LogP contribution in [0, 0.1) is 6.92 Å². The summed E-state index contributed by atoms with van der Waals surface area (Å²) in [5, 5.41) is 21.6. The largest absolute Gasteiger partial charge is 0.490 e. The Bertz CT molecular complexity index is 1590. The third kappa shape index (κ3) is 6.43. The minimum absolute atomic E-state index is 0.0865. The van der Waals surface area contributed by atoms with E-state index >= 15 is 0 Å². The summed E-state index contributed by atoms with van der Waals surface area (Å²) in [5.74, 6) is -2.53. The lowest BCUT2D eigenvalue weighted by Gasteiger charge is -2.22. The summed E-state index contributed by atoms with van der Waals surface area (Å²) in [7, 11) is 5.04. The summed E-state index contributed by atoms with van der Waals surface area (Å²) < 4.78 is 40.7. The number of aliphatic carboxylic acids is 1. The fourth-order valence-corrected chi connectivity index (χ4v) is 4.46. The second kappa shape index (κ2) is 12.4. The SMILES string of the molecule is CNc1nc(Nc2cn(C3CCNCC3)nc2C)c(C(=O)OC)nc1-c1cccc2c1ncn2C.O=C(O)C(F)(F)F. The number of benzene rings is 1. The molecule has 42 heavy (non-hydrogen) atoms. The highest BCUT2D eigenvalue weighted by Gasteiger charge is 2.38. The molecule has 0 saturated carbocycles. The van der Waals surface area contributed by atoms with Gasteiger partial charge in [0.15, 0.2) is 17.3 Å². The van der Waals surface area contributed by atoms with Gasteiger partial charge in [-0.05, 0) is 38.9 Å². The molecular weight excluding hydrogens is 559 g/mol. The third-order valence-corrected chi connectivity index (χ3v) is 6.62. The molecule has 3 aromatic heterocycles. The molecule has 16 heteroatoms. The zero-order valence-electron chi connectivity index (χ0n) is 23.3. The fourth-order valence-electron chi connectivity index (χ4n) is 4.46. The topological polar surface area (TPSA) is 161 Å². The van der Waals surface area contributed by atoms with E-state index in [2.05, 4.69) is 20.9 Å². The molecule has 13 nitrogen and oxygen atoms in total. The number of esters is 1. The highest BCUT2D eigenvalue weighted by Crippen LogP contribution is 2.34. The Labute approximate surface area is 238 Å². The quantitative estimate of drug-likeness (QED) is 0.243. The molecule has 1 fully saturated rings. The number of ether oxygens (including phenoxy) is 1. The summed E-state index contributed by atoms with van der Waals surface area (Å²) in [6.45, 7) is 3.88. The number of imidazole rings is 1.